The summed E-state index contributed by atoms with van der Waals surface area (Å²) in [5.41, 5.74) is 0. The van der Waals surface area contributed by atoms with Crippen molar-refractivity contribution in [3.63, 3.8) is 0 Å². The van der Waals surface area contributed by atoms with Gasteiger partial charge in [-0.15, -0.1) is 0 Å². The Morgan fingerprint density at radius 3 is 2.00 bits per heavy atom. The molecule has 0 unspecified atom stereocenters. The van der Waals surface area contributed by atoms with Crippen molar-refractivity contribution in [1.29, 1.82) is 0 Å². The molecule has 0 aliphatic rings. The SMILES string of the molecule is C=C/C=N/[Si](C)(C)C(C)(C)C. The van der Waals surface area contributed by atoms with Crippen LogP contribution in [0.4, 0.5) is 0 Å². The molecule has 0 spiro atoms. The van der Waals surface area contributed by atoms with Crippen molar-refractivity contribution < 1.29 is 0 Å². The van der Waals surface area contributed by atoms with Gasteiger partial charge >= 0.3 is 0 Å². The lowest BCUT2D eigenvalue weighted by molar-refractivity contribution is 0.719. The molecule has 0 saturated heterocycles. The van der Waals surface area contributed by atoms with Crippen LogP contribution in [0, 0.1) is 0 Å². The number of hydrogen-bond acceptors (Lipinski definition) is 1. The van der Waals surface area contributed by atoms with Crippen LogP contribution in [0.25, 0.3) is 0 Å². The Labute approximate surface area is 71.3 Å². The predicted octanol–water partition coefficient (Wildman–Crippen LogP) is 3.25. The van der Waals surface area contributed by atoms with Gasteiger partial charge in [-0.3, -0.25) is 0 Å². The van der Waals surface area contributed by atoms with Crippen LogP contribution in [-0.4, -0.2) is 14.5 Å². The molecule has 64 valence electrons. The molecule has 0 amide bonds. The van der Waals surface area contributed by atoms with Gasteiger partial charge in [0.2, 0.25) is 0 Å². The minimum Gasteiger partial charge on any atom is -0.329 e. The van der Waals surface area contributed by atoms with E-state index in [1.165, 1.54) is 0 Å². The molecule has 0 atom stereocenters. The molecule has 0 aromatic carbocycles. The maximum absolute atomic E-state index is 4.54. The Bertz CT molecular complexity index is 163. The first-order valence-corrected chi connectivity index (χ1v) is 6.92. The number of rotatable bonds is 2. The molecule has 0 saturated carbocycles. The van der Waals surface area contributed by atoms with Crippen LogP contribution in [-0.2, 0) is 0 Å². The fourth-order valence-electron chi connectivity index (χ4n) is 0.433. The third-order valence-corrected chi connectivity index (χ3v) is 6.80. The standard InChI is InChI=1S/C9H19NSi/c1-7-8-10-11(5,6)9(2,3)4/h7-8H,1H2,2-6H3/b10-8+. The summed E-state index contributed by atoms with van der Waals surface area (Å²) in [4.78, 5) is 0. The molecule has 0 radical (unpaired) electrons. The molecule has 0 aromatic heterocycles. The second kappa shape index (κ2) is 3.35. The van der Waals surface area contributed by atoms with Gasteiger partial charge < -0.3 is 4.66 Å². The van der Waals surface area contributed by atoms with E-state index in [0.29, 0.717) is 5.04 Å². The Hall–Kier alpha value is -0.373. The van der Waals surface area contributed by atoms with Crippen molar-refractivity contribution >= 4 is 14.5 Å². The van der Waals surface area contributed by atoms with Crippen molar-refractivity contribution in [2.45, 2.75) is 38.9 Å². The van der Waals surface area contributed by atoms with Crippen LogP contribution in [0.3, 0.4) is 0 Å². The normalized spacial score (nSPS) is 13.9. The zero-order chi connectivity index (χ0) is 9.12. The van der Waals surface area contributed by atoms with Gasteiger partial charge in [-0.1, -0.05) is 33.4 Å². The fraction of sp³-hybridized carbons (Fsp3) is 0.667. The van der Waals surface area contributed by atoms with E-state index in [1.807, 2.05) is 6.21 Å². The molecule has 0 aliphatic heterocycles. The molecule has 0 fully saturated rings. The van der Waals surface area contributed by atoms with Crippen LogP contribution >= 0.6 is 0 Å². The van der Waals surface area contributed by atoms with Crippen molar-refractivity contribution in [2.24, 2.45) is 4.66 Å². The quantitative estimate of drug-likeness (QED) is 0.444. The average Bonchev–Trinajstić information content (AvgIpc) is 1.81. The number of hydrogen-bond donors (Lipinski definition) is 0. The molecule has 0 aromatic rings. The van der Waals surface area contributed by atoms with E-state index in [0.717, 1.165) is 0 Å². The van der Waals surface area contributed by atoms with Gasteiger partial charge in [0.15, 0.2) is 8.24 Å². The van der Waals surface area contributed by atoms with E-state index in [1.54, 1.807) is 6.08 Å². The summed E-state index contributed by atoms with van der Waals surface area (Å²) in [6.07, 6.45) is 3.58. The van der Waals surface area contributed by atoms with Crippen LogP contribution < -0.4 is 0 Å². The zero-order valence-corrected chi connectivity index (χ0v) is 9.31. The van der Waals surface area contributed by atoms with Crippen LogP contribution in [0.2, 0.25) is 18.1 Å². The first-order valence-electron chi connectivity index (χ1n) is 3.97. The molecule has 1 nitrogen and oxygen atoms in total. The Balaban J connectivity index is 4.46. The summed E-state index contributed by atoms with van der Waals surface area (Å²) in [5.74, 6) is 0. The van der Waals surface area contributed by atoms with Gasteiger partial charge in [0.1, 0.15) is 0 Å². The largest absolute Gasteiger partial charge is 0.329 e. The molecule has 0 rings (SSSR count). The lowest BCUT2D eigenvalue weighted by Gasteiger charge is -2.32. The number of allylic oxidation sites excluding steroid dienone is 1. The molecule has 0 heterocycles. The van der Waals surface area contributed by atoms with Crippen LogP contribution in [0.15, 0.2) is 17.3 Å². The second-order valence-electron chi connectivity index (χ2n) is 4.32. The summed E-state index contributed by atoms with van der Waals surface area (Å²) < 4.78 is 4.54. The first kappa shape index (κ1) is 10.6. The molecule has 2 heteroatoms. The second-order valence-corrected chi connectivity index (χ2v) is 9.20. The third-order valence-electron chi connectivity index (χ3n) is 2.34. The van der Waals surface area contributed by atoms with E-state index >= 15 is 0 Å². The van der Waals surface area contributed by atoms with Crippen molar-refractivity contribution in [3.05, 3.63) is 12.7 Å². The topological polar surface area (TPSA) is 12.4 Å². The molecular formula is C9H19NSi. The minimum absolute atomic E-state index is 0.340. The van der Waals surface area contributed by atoms with E-state index in [4.69, 9.17) is 0 Å². The van der Waals surface area contributed by atoms with Gasteiger partial charge in [-0.05, 0) is 18.1 Å². The highest BCUT2D eigenvalue weighted by atomic mass is 28.3. The molecule has 11 heavy (non-hydrogen) atoms. The molecular weight excluding hydrogens is 150 g/mol. The Kier molecular flexibility index (Phi) is 3.24. The minimum atomic E-state index is -1.43. The summed E-state index contributed by atoms with van der Waals surface area (Å²) >= 11 is 0. The predicted molar refractivity (Wildman–Crippen MR) is 55.9 cm³/mol. The monoisotopic (exact) mass is 169 g/mol. The summed E-state index contributed by atoms with van der Waals surface area (Å²) in [7, 11) is -1.43. The van der Waals surface area contributed by atoms with Crippen LogP contribution in [0.1, 0.15) is 20.8 Å². The maximum Gasteiger partial charge on any atom is 0.180 e. The number of nitrogens with zero attached hydrogens (tertiary/aromatic N) is 1. The Morgan fingerprint density at radius 1 is 1.27 bits per heavy atom. The van der Waals surface area contributed by atoms with Gasteiger partial charge in [0.05, 0.1) is 0 Å². The van der Waals surface area contributed by atoms with Gasteiger partial charge in [-0.25, -0.2) is 0 Å². The van der Waals surface area contributed by atoms with E-state index in [-0.39, 0.29) is 0 Å². The maximum atomic E-state index is 4.54. The smallest absolute Gasteiger partial charge is 0.180 e. The van der Waals surface area contributed by atoms with Crippen molar-refractivity contribution in [2.75, 3.05) is 0 Å². The van der Waals surface area contributed by atoms with E-state index in [2.05, 4.69) is 45.1 Å². The average molecular weight is 169 g/mol. The fourth-order valence-corrected chi connectivity index (χ4v) is 1.30. The molecule has 0 bridgehead atoms. The van der Waals surface area contributed by atoms with E-state index in [9.17, 15) is 0 Å². The third kappa shape index (κ3) is 3.02. The highest BCUT2D eigenvalue weighted by molar-refractivity contribution is 6.79. The molecule has 0 aliphatic carbocycles. The summed E-state index contributed by atoms with van der Waals surface area (Å²) in [5, 5.41) is 0.340. The van der Waals surface area contributed by atoms with Gasteiger partial charge in [0.25, 0.3) is 0 Å². The van der Waals surface area contributed by atoms with Crippen molar-refractivity contribution in [1.82, 2.24) is 0 Å². The van der Waals surface area contributed by atoms with Gasteiger partial charge in [0, 0.05) is 6.21 Å². The summed E-state index contributed by atoms with van der Waals surface area (Å²) in [6, 6.07) is 0. The van der Waals surface area contributed by atoms with E-state index < -0.39 is 8.24 Å². The van der Waals surface area contributed by atoms with Gasteiger partial charge in [-0.2, -0.15) is 0 Å². The Morgan fingerprint density at radius 2 is 1.73 bits per heavy atom. The lowest BCUT2D eigenvalue weighted by atomic mass is 10.2. The lowest BCUT2D eigenvalue weighted by Crippen LogP contribution is -2.35. The highest BCUT2D eigenvalue weighted by Gasteiger charge is 2.34. The van der Waals surface area contributed by atoms with Crippen molar-refractivity contribution in [3.8, 4) is 0 Å². The summed E-state index contributed by atoms with van der Waals surface area (Å²) in [6.45, 7) is 14.9. The first-order chi connectivity index (χ1) is 4.81. The van der Waals surface area contributed by atoms with Crippen LogP contribution in [0.5, 0.6) is 0 Å². The highest BCUT2D eigenvalue weighted by Crippen LogP contribution is 2.36. The zero-order valence-electron chi connectivity index (χ0n) is 8.31. The molecule has 0 N–H and O–H groups in total.